The maximum absolute atomic E-state index is 13.9. The van der Waals surface area contributed by atoms with Gasteiger partial charge in [0.15, 0.2) is 12.0 Å². The van der Waals surface area contributed by atoms with Crippen LogP contribution in [0, 0.1) is 5.82 Å². The lowest BCUT2D eigenvalue weighted by Gasteiger charge is -2.10. The Morgan fingerprint density at radius 1 is 1.26 bits per heavy atom. The highest BCUT2D eigenvalue weighted by Gasteiger charge is 2.15. The molecule has 0 aliphatic heterocycles. The second-order valence-electron chi connectivity index (χ2n) is 3.77. The smallest absolute Gasteiger partial charge is 0.185 e. The van der Waals surface area contributed by atoms with Crippen LogP contribution in [0.2, 0.25) is 0 Å². The van der Waals surface area contributed by atoms with E-state index in [4.69, 9.17) is 13.9 Å². The Balaban J connectivity index is 2.34. The van der Waals surface area contributed by atoms with Gasteiger partial charge in [0.25, 0.3) is 0 Å². The van der Waals surface area contributed by atoms with Crippen LogP contribution in [0.3, 0.4) is 0 Å². The van der Waals surface area contributed by atoms with Crippen molar-refractivity contribution >= 4 is 6.29 Å². The number of ether oxygens (including phenoxy) is 2. The van der Waals surface area contributed by atoms with Crippen LogP contribution < -0.4 is 4.74 Å². The van der Waals surface area contributed by atoms with Crippen molar-refractivity contribution in [3.05, 3.63) is 41.9 Å². The second-order valence-corrected chi connectivity index (χ2v) is 3.77. The summed E-state index contributed by atoms with van der Waals surface area (Å²) in [6.07, 6.45) is 0.565. The van der Waals surface area contributed by atoms with Crippen molar-refractivity contribution in [2.45, 2.75) is 0 Å². The molecular formula is C14H13FO4. The van der Waals surface area contributed by atoms with E-state index in [9.17, 15) is 9.18 Å². The molecule has 1 aromatic heterocycles. The number of halogens is 1. The molecule has 1 heterocycles. The molecule has 19 heavy (non-hydrogen) atoms. The van der Waals surface area contributed by atoms with E-state index in [0.29, 0.717) is 25.2 Å². The lowest BCUT2D eigenvalue weighted by Crippen LogP contribution is -2.05. The molecule has 0 saturated carbocycles. The largest absolute Gasteiger partial charge is 0.490 e. The van der Waals surface area contributed by atoms with Gasteiger partial charge < -0.3 is 13.9 Å². The van der Waals surface area contributed by atoms with Gasteiger partial charge >= 0.3 is 0 Å². The lowest BCUT2D eigenvalue weighted by atomic mass is 10.1. The Hall–Kier alpha value is -2.14. The van der Waals surface area contributed by atoms with Gasteiger partial charge in [0.1, 0.15) is 23.9 Å². The third-order valence-corrected chi connectivity index (χ3v) is 2.51. The number of carbonyl (C=O) groups is 1. The number of carbonyl (C=O) groups excluding carboxylic acids is 1. The van der Waals surface area contributed by atoms with E-state index in [2.05, 4.69) is 0 Å². The monoisotopic (exact) mass is 264 g/mol. The van der Waals surface area contributed by atoms with Crippen molar-refractivity contribution < 1.29 is 23.1 Å². The van der Waals surface area contributed by atoms with Crippen LogP contribution in [0.15, 0.2) is 34.7 Å². The molecule has 0 bridgehead atoms. The van der Waals surface area contributed by atoms with Crippen molar-refractivity contribution in [2.24, 2.45) is 0 Å². The van der Waals surface area contributed by atoms with Crippen molar-refractivity contribution in [1.29, 1.82) is 0 Å². The predicted octanol–water partition coefficient (Wildman–Crippen LogP) is 2.92. The fourth-order valence-corrected chi connectivity index (χ4v) is 1.65. The average Bonchev–Trinajstić information content (AvgIpc) is 2.87. The fraction of sp³-hybridized carbons (Fsp3) is 0.214. The van der Waals surface area contributed by atoms with Gasteiger partial charge in [-0.05, 0) is 24.3 Å². The van der Waals surface area contributed by atoms with E-state index in [-0.39, 0.29) is 17.1 Å². The SMILES string of the molecule is COCCOc1cccc(F)c1-c1ccc(C=O)o1. The number of methoxy groups -OCH3 is 1. The zero-order chi connectivity index (χ0) is 13.7. The topological polar surface area (TPSA) is 48.7 Å². The molecule has 0 amide bonds. The van der Waals surface area contributed by atoms with E-state index in [0.717, 1.165) is 0 Å². The molecule has 1 aromatic carbocycles. The number of benzene rings is 1. The molecule has 0 N–H and O–H groups in total. The quantitative estimate of drug-likeness (QED) is 0.594. The van der Waals surface area contributed by atoms with Crippen LogP contribution in [0.4, 0.5) is 4.39 Å². The maximum Gasteiger partial charge on any atom is 0.185 e. The van der Waals surface area contributed by atoms with Crippen molar-refractivity contribution in [3.63, 3.8) is 0 Å². The molecule has 4 nitrogen and oxygen atoms in total. The van der Waals surface area contributed by atoms with Crippen molar-refractivity contribution in [3.8, 4) is 17.1 Å². The summed E-state index contributed by atoms with van der Waals surface area (Å²) in [7, 11) is 1.55. The average molecular weight is 264 g/mol. The summed E-state index contributed by atoms with van der Waals surface area (Å²) in [6, 6.07) is 7.50. The van der Waals surface area contributed by atoms with Gasteiger partial charge in [-0.2, -0.15) is 0 Å². The first-order valence-corrected chi connectivity index (χ1v) is 5.72. The Kier molecular flexibility index (Phi) is 4.30. The van der Waals surface area contributed by atoms with Crippen LogP contribution >= 0.6 is 0 Å². The minimum atomic E-state index is -0.471. The highest BCUT2D eigenvalue weighted by molar-refractivity contribution is 5.74. The summed E-state index contributed by atoms with van der Waals surface area (Å²) >= 11 is 0. The molecule has 2 rings (SSSR count). The Morgan fingerprint density at radius 2 is 2.11 bits per heavy atom. The zero-order valence-corrected chi connectivity index (χ0v) is 10.4. The summed E-state index contributed by atoms with van der Waals surface area (Å²) in [5, 5.41) is 0. The van der Waals surface area contributed by atoms with Crippen LogP contribution in [0.5, 0.6) is 5.75 Å². The number of hydrogen-bond acceptors (Lipinski definition) is 4. The molecule has 0 radical (unpaired) electrons. The first-order chi connectivity index (χ1) is 9.26. The van der Waals surface area contributed by atoms with Gasteiger partial charge in [-0.15, -0.1) is 0 Å². The molecule has 0 unspecified atom stereocenters. The van der Waals surface area contributed by atoms with Gasteiger partial charge in [-0.1, -0.05) is 6.07 Å². The third kappa shape index (κ3) is 3.00. The fourth-order valence-electron chi connectivity index (χ4n) is 1.65. The van der Waals surface area contributed by atoms with E-state index in [1.165, 1.54) is 18.2 Å². The lowest BCUT2D eigenvalue weighted by molar-refractivity contribution is 0.110. The van der Waals surface area contributed by atoms with Crippen LogP contribution in [-0.4, -0.2) is 26.6 Å². The van der Waals surface area contributed by atoms with Gasteiger partial charge in [0.05, 0.1) is 12.2 Å². The Bertz CT molecular complexity index is 562. The maximum atomic E-state index is 13.9. The second kappa shape index (κ2) is 6.15. The van der Waals surface area contributed by atoms with Crippen LogP contribution in [-0.2, 0) is 4.74 Å². The minimum absolute atomic E-state index is 0.140. The van der Waals surface area contributed by atoms with Gasteiger partial charge in [0.2, 0.25) is 0 Å². The predicted molar refractivity (Wildman–Crippen MR) is 66.9 cm³/mol. The summed E-state index contributed by atoms with van der Waals surface area (Å²) in [5.74, 6) is 0.277. The standard InChI is InChI=1S/C14H13FO4/c1-17-7-8-18-12-4-2-3-11(15)14(12)13-6-5-10(9-16)19-13/h2-6,9H,7-8H2,1H3. The van der Waals surface area contributed by atoms with Crippen LogP contribution in [0.1, 0.15) is 10.6 Å². The third-order valence-electron chi connectivity index (χ3n) is 2.51. The van der Waals surface area contributed by atoms with Crippen LogP contribution in [0.25, 0.3) is 11.3 Å². The minimum Gasteiger partial charge on any atom is -0.490 e. The van der Waals surface area contributed by atoms with E-state index in [1.807, 2.05) is 0 Å². The number of hydrogen-bond donors (Lipinski definition) is 0. The molecule has 0 aliphatic rings. The molecule has 0 atom stereocenters. The highest BCUT2D eigenvalue weighted by Crippen LogP contribution is 2.33. The normalized spacial score (nSPS) is 10.4. The first-order valence-electron chi connectivity index (χ1n) is 5.72. The summed E-state index contributed by atoms with van der Waals surface area (Å²) in [4.78, 5) is 10.6. The summed E-state index contributed by atoms with van der Waals surface area (Å²) < 4.78 is 29.4. The summed E-state index contributed by atoms with van der Waals surface area (Å²) in [6.45, 7) is 0.696. The van der Waals surface area contributed by atoms with Gasteiger partial charge in [0, 0.05) is 7.11 Å². The number of furan rings is 1. The van der Waals surface area contributed by atoms with Crippen molar-refractivity contribution in [2.75, 3.05) is 20.3 Å². The molecule has 0 aliphatic carbocycles. The molecule has 0 saturated heterocycles. The van der Waals surface area contributed by atoms with Crippen molar-refractivity contribution in [1.82, 2.24) is 0 Å². The van der Waals surface area contributed by atoms with E-state index >= 15 is 0 Å². The van der Waals surface area contributed by atoms with E-state index in [1.54, 1.807) is 19.2 Å². The Labute approximate surface area is 109 Å². The molecule has 100 valence electrons. The van der Waals surface area contributed by atoms with E-state index < -0.39 is 5.82 Å². The van der Waals surface area contributed by atoms with Gasteiger partial charge in [-0.25, -0.2) is 4.39 Å². The van der Waals surface area contributed by atoms with Gasteiger partial charge in [-0.3, -0.25) is 4.79 Å². The molecule has 5 heteroatoms. The number of aldehydes is 1. The molecule has 0 spiro atoms. The Morgan fingerprint density at radius 3 is 2.79 bits per heavy atom. The molecule has 2 aromatic rings. The number of rotatable bonds is 6. The molecular weight excluding hydrogens is 251 g/mol. The molecule has 0 fully saturated rings. The summed E-state index contributed by atoms with van der Waals surface area (Å²) in [5.41, 5.74) is 0.201. The first kappa shape index (κ1) is 13.3. The highest BCUT2D eigenvalue weighted by atomic mass is 19.1. The zero-order valence-electron chi connectivity index (χ0n) is 10.4.